The third-order valence-electron chi connectivity index (χ3n) is 4.19. The van der Waals surface area contributed by atoms with Gasteiger partial charge in [-0.05, 0) is 67.8 Å². The maximum atomic E-state index is 12.1. The van der Waals surface area contributed by atoms with Crippen LogP contribution < -0.4 is 20.3 Å². The number of ether oxygens (including phenoxy) is 1. The smallest absolute Gasteiger partial charge is 0.323 e. The predicted octanol–water partition coefficient (Wildman–Crippen LogP) is 4.33. The zero-order chi connectivity index (χ0) is 16.8. The van der Waals surface area contributed by atoms with Gasteiger partial charge in [-0.15, -0.1) is 0 Å². The Morgan fingerprint density at radius 3 is 1.96 bits per heavy atom. The molecule has 2 aromatic rings. The number of amides is 2. The number of anilines is 3. The second-order valence-corrected chi connectivity index (χ2v) is 5.90. The average Bonchev–Trinajstić information content (AvgIpc) is 2.64. The van der Waals surface area contributed by atoms with Crippen molar-refractivity contribution in [2.45, 2.75) is 19.3 Å². The number of carbonyl (C=O) groups excluding carboxylic acids is 1. The lowest BCUT2D eigenvalue weighted by molar-refractivity contribution is 0.262. The first-order valence-electron chi connectivity index (χ1n) is 8.32. The molecule has 0 atom stereocenters. The van der Waals surface area contributed by atoms with Crippen LogP contribution in [-0.2, 0) is 0 Å². The zero-order valence-electron chi connectivity index (χ0n) is 13.9. The Morgan fingerprint density at radius 1 is 0.875 bits per heavy atom. The summed E-state index contributed by atoms with van der Waals surface area (Å²) in [5.41, 5.74) is 2.72. The van der Waals surface area contributed by atoms with Gasteiger partial charge in [0.15, 0.2) is 0 Å². The number of methoxy groups -OCH3 is 1. The normalized spacial score (nSPS) is 14.1. The molecular formula is C19H23N3O2. The van der Waals surface area contributed by atoms with Crippen LogP contribution >= 0.6 is 0 Å². The SMILES string of the molecule is COc1ccc(NC(=O)Nc2ccc(N3CCCCC3)cc2)cc1. The fraction of sp³-hybridized carbons (Fsp3) is 0.316. The van der Waals surface area contributed by atoms with E-state index >= 15 is 0 Å². The number of urea groups is 1. The van der Waals surface area contributed by atoms with Crippen molar-refractivity contribution < 1.29 is 9.53 Å². The molecular weight excluding hydrogens is 302 g/mol. The highest BCUT2D eigenvalue weighted by atomic mass is 16.5. The van der Waals surface area contributed by atoms with Crippen LogP contribution in [0.25, 0.3) is 0 Å². The van der Waals surface area contributed by atoms with Crippen molar-refractivity contribution in [2.75, 3.05) is 35.7 Å². The second-order valence-electron chi connectivity index (χ2n) is 5.90. The molecule has 1 saturated heterocycles. The minimum atomic E-state index is -0.258. The number of nitrogens with zero attached hydrogens (tertiary/aromatic N) is 1. The van der Waals surface area contributed by atoms with Crippen LogP contribution in [0.2, 0.25) is 0 Å². The third kappa shape index (κ3) is 4.19. The molecule has 2 amide bonds. The van der Waals surface area contributed by atoms with E-state index in [1.165, 1.54) is 24.9 Å². The Labute approximate surface area is 142 Å². The second kappa shape index (κ2) is 7.73. The lowest BCUT2D eigenvalue weighted by Crippen LogP contribution is -2.29. The van der Waals surface area contributed by atoms with Gasteiger partial charge in [0, 0.05) is 30.2 Å². The predicted molar refractivity (Wildman–Crippen MR) is 98.1 cm³/mol. The summed E-state index contributed by atoms with van der Waals surface area (Å²) in [5, 5.41) is 5.65. The first-order valence-corrected chi connectivity index (χ1v) is 8.32. The minimum Gasteiger partial charge on any atom is -0.497 e. The minimum absolute atomic E-state index is 0.258. The maximum absolute atomic E-state index is 12.1. The molecule has 3 rings (SSSR count). The van der Waals surface area contributed by atoms with E-state index in [0.29, 0.717) is 0 Å². The van der Waals surface area contributed by atoms with Crippen molar-refractivity contribution in [2.24, 2.45) is 0 Å². The van der Waals surface area contributed by atoms with Crippen LogP contribution in [0.15, 0.2) is 48.5 Å². The topological polar surface area (TPSA) is 53.6 Å². The van der Waals surface area contributed by atoms with Gasteiger partial charge in [0.2, 0.25) is 0 Å². The Hall–Kier alpha value is -2.69. The molecule has 2 N–H and O–H groups in total. The van der Waals surface area contributed by atoms with Crippen molar-refractivity contribution >= 4 is 23.1 Å². The number of benzene rings is 2. The summed E-state index contributed by atoms with van der Waals surface area (Å²) in [4.78, 5) is 14.5. The van der Waals surface area contributed by atoms with Crippen LogP contribution in [-0.4, -0.2) is 26.2 Å². The van der Waals surface area contributed by atoms with Gasteiger partial charge < -0.3 is 20.3 Å². The van der Waals surface area contributed by atoms with E-state index in [0.717, 1.165) is 30.2 Å². The standard InChI is InChI=1S/C19H23N3O2/c1-24-18-11-7-16(8-12-18)21-19(23)20-15-5-9-17(10-6-15)22-13-3-2-4-14-22/h5-12H,2-4,13-14H2,1H3,(H2,20,21,23). The van der Waals surface area contributed by atoms with Crippen LogP contribution in [0.3, 0.4) is 0 Å². The van der Waals surface area contributed by atoms with E-state index in [2.05, 4.69) is 27.7 Å². The fourth-order valence-electron chi connectivity index (χ4n) is 2.88. The Kier molecular flexibility index (Phi) is 5.21. The zero-order valence-corrected chi connectivity index (χ0v) is 13.9. The van der Waals surface area contributed by atoms with Gasteiger partial charge in [-0.3, -0.25) is 0 Å². The Balaban J connectivity index is 1.55. The molecule has 1 heterocycles. The van der Waals surface area contributed by atoms with E-state index in [-0.39, 0.29) is 6.03 Å². The number of carbonyl (C=O) groups is 1. The number of rotatable bonds is 4. The van der Waals surface area contributed by atoms with E-state index in [1.54, 1.807) is 19.2 Å². The Morgan fingerprint density at radius 2 is 1.42 bits per heavy atom. The summed E-state index contributed by atoms with van der Waals surface area (Å²) in [7, 11) is 1.61. The monoisotopic (exact) mass is 325 g/mol. The lowest BCUT2D eigenvalue weighted by atomic mass is 10.1. The number of hydrogen-bond donors (Lipinski definition) is 2. The van der Waals surface area contributed by atoms with E-state index in [9.17, 15) is 4.79 Å². The molecule has 5 nitrogen and oxygen atoms in total. The molecule has 1 fully saturated rings. The molecule has 0 spiro atoms. The summed E-state index contributed by atoms with van der Waals surface area (Å²) in [6, 6.07) is 15.0. The molecule has 2 aromatic carbocycles. The van der Waals surface area contributed by atoms with Crippen LogP contribution in [0, 0.1) is 0 Å². The maximum Gasteiger partial charge on any atom is 0.323 e. The quantitative estimate of drug-likeness (QED) is 0.880. The molecule has 126 valence electrons. The van der Waals surface area contributed by atoms with Gasteiger partial charge in [0.1, 0.15) is 5.75 Å². The van der Waals surface area contributed by atoms with Gasteiger partial charge in [-0.2, -0.15) is 0 Å². The number of hydrogen-bond acceptors (Lipinski definition) is 3. The van der Waals surface area contributed by atoms with E-state index in [1.807, 2.05) is 24.3 Å². The first-order chi connectivity index (χ1) is 11.7. The summed E-state index contributed by atoms with van der Waals surface area (Å²) < 4.78 is 5.10. The fourth-order valence-corrected chi connectivity index (χ4v) is 2.88. The first kappa shape index (κ1) is 16.2. The lowest BCUT2D eigenvalue weighted by Gasteiger charge is -2.28. The molecule has 5 heteroatoms. The summed E-state index contributed by atoms with van der Waals surface area (Å²) >= 11 is 0. The highest BCUT2D eigenvalue weighted by molar-refractivity contribution is 5.99. The van der Waals surface area contributed by atoms with Gasteiger partial charge in [0.25, 0.3) is 0 Å². The molecule has 0 saturated carbocycles. The van der Waals surface area contributed by atoms with Crippen molar-refractivity contribution in [3.63, 3.8) is 0 Å². The summed E-state index contributed by atoms with van der Waals surface area (Å²) in [5.74, 6) is 0.759. The summed E-state index contributed by atoms with van der Waals surface area (Å²) in [6.07, 6.45) is 3.83. The molecule has 1 aliphatic heterocycles. The van der Waals surface area contributed by atoms with Crippen molar-refractivity contribution in [1.82, 2.24) is 0 Å². The van der Waals surface area contributed by atoms with Crippen molar-refractivity contribution in [3.8, 4) is 5.75 Å². The number of piperidine rings is 1. The Bertz CT molecular complexity index is 662. The molecule has 0 unspecified atom stereocenters. The molecule has 0 aromatic heterocycles. The van der Waals surface area contributed by atoms with Gasteiger partial charge in [-0.25, -0.2) is 4.79 Å². The molecule has 0 aliphatic carbocycles. The molecule has 1 aliphatic rings. The largest absolute Gasteiger partial charge is 0.497 e. The molecule has 24 heavy (non-hydrogen) atoms. The van der Waals surface area contributed by atoms with Gasteiger partial charge in [-0.1, -0.05) is 0 Å². The number of nitrogens with one attached hydrogen (secondary N) is 2. The van der Waals surface area contributed by atoms with Crippen LogP contribution in [0.4, 0.5) is 21.9 Å². The third-order valence-corrected chi connectivity index (χ3v) is 4.19. The van der Waals surface area contributed by atoms with Crippen molar-refractivity contribution in [3.05, 3.63) is 48.5 Å². The van der Waals surface area contributed by atoms with Gasteiger partial charge >= 0.3 is 6.03 Å². The molecule has 0 radical (unpaired) electrons. The summed E-state index contributed by atoms with van der Waals surface area (Å²) in [6.45, 7) is 2.23. The van der Waals surface area contributed by atoms with E-state index < -0.39 is 0 Å². The van der Waals surface area contributed by atoms with Crippen molar-refractivity contribution in [1.29, 1.82) is 0 Å². The van der Waals surface area contributed by atoms with E-state index in [4.69, 9.17) is 4.74 Å². The highest BCUT2D eigenvalue weighted by Crippen LogP contribution is 2.22. The highest BCUT2D eigenvalue weighted by Gasteiger charge is 2.11. The van der Waals surface area contributed by atoms with Crippen LogP contribution in [0.1, 0.15) is 19.3 Å². The van der Waals surface area contributed by atoms with Gasteiger partial charge in [0.05, 0.1) is 7.11 Å². The van der Waals surface area contributed by atoms with Crippen LogP contribution in [0.5, 0.6) is 5.75 Å². The average molecular weight is 325 g/mol. The molecule has 0 bridgehead atoms.